The van der Waals surface area contributed by atoms with Gasteiger partial charge in [-0.1, -0.05) is 0 Å². The number of carbonyl (C=O) groups excluding carboxylic acids is 2. The van der Waals surface area contributed by atoms with Crippen molar-refractivity contribution in [1.29, 1.82) is 0 Å². The number of hydrogen-bond acceptors (Lipinski definition) is 3. The van der Waals surface area contributed by atoms with E-state index in [1.807, 2.05) is 0 Å². The molecule has 3 fully saturated rings. The fourth-order valence-electron chi connectivity index (χ4n) is 3.36. The molecule has 3 aliphatic rings. The molecule has 2 atom stereocenters. The number of hydrogen-bond donors (Lipinski definition) is 1. The molecule has 0 spiro atoms. The molecule has 4 nitrogen and oxygen atoms in total. The zero-order valence-electron chi connectivity index (χ0n) is 9.45. The Labute approximate surface area is 95.4 Å². The molecule has 1 N–H and O–H groups in total. The normalized spacial score (nSPS) is 35.9. The van der Waals surface area contributed by atoms with Crippen molar-refractivity contribution in [1.82, 2.24) is 10.2 Å². The second-order valence-corrected chi connectivity index (χ2v) is 5.23. The summed E-state index contributed by atoms with van der Waals surface area (Å²) in [5.41, 5.74) is 0. The van der Waals surface area contributed by atoms with E-state index in [0.29, 0.717) is 0 Å². The van der Waals surface area contributed by atoms with Gasteiger partial charge in [-0.3, -0.25) is 14.5 Å². The molecule has 3 rings (SSSR count). The second-order valence-electron chi connectivity index (χ2n) is 5.23. The number of likely N-dealkylation sites (tertiary alicyclic amines) is 1. The third kappa shape index (κ3) is 1.47. The minimum atomic E-state index is 0.116. The van der Waals surface area contributed by atoms with Gasteiger partial charge in [0, 0.05) is 17.9 Å². The van der Waals surface area contributed by atoms with Gasteiger partial charge >= 0.3 is 0 Å². The van der Waals surface area contributed by atoms with Crippen molar-refractivity contribution in [3.05, 3.63) is 0 Å². The van der Waals surface area contributed by atoms with E-state index in [4.69, 9.17) is 0 Å². The second kappa shape index (κ2) is 3.84. The first-order valence-electron chi connectivity index (χ1n) is 6.35. The molecule has 2 aliphatic heterocycles. The molecule has 2 heterocycles. The molecule has 4 heteroatoms. The fraction of sp³-hybridized carbons (Fsp3) is 0.833. The van der Waals surface area contributed by atoms with Crippen LogP contribution in [0, 0.1) is 11.8 Å². The molecule has 88 valence electrons. The predicted molar refractivity (Wildman–Crippen MR) is 58.6 cm³/mol. The number of amides is 2. The van der Waals surface area contributed by atoms with Gasteiger partial charge in [-0.05, 0) is 45.2 Å². The van der Waals surface area contributed by atoms with Gasteiger partial charge < -0.3 is 5.32 Å². The quantitative estimate of drug-likeness (QED) is 0.658. The van der Waals surface area contributed by atoms with Crippen LogP contribution < -0.4 is 5.32 Å². The van der Waals surface area contributed by atoms with Crippen LogP contribution in [0.1, 0.15) is 32.1 Å². The Hall–Kier alpha value is -0.900. The van der Waals surface area contributed by atoms with Crippen molar-refractivity contribution in [2.45, 2.75) is 38.1 Å². The molecular formula is C12H18N2O2. The lowest BCUT2D eigenvalue weighted by Gasteiger charge is -2.38. The van der Waals surface area contributed by atoms with E-state index in [9.17, 15) is 9.59 Å². The van der Waals surface area contributed by atoms with Crippen LogP contribution in [0.4, 0.5) is 0 Å². The Bertz CT molecular complexity index is 301. The Balaban J connectivity index is 1.82. The zero-order valence-corrected chi connectivity index (χ0v) is 9.45. The summed E-state index contributed by atoms with van der Waals surface area (Å²) >= 11 is 0. The van der Waals surface area contributed by atoms with E-state index in [-0.39, 0.29) is 29.7 Å². The SMILES string of the molecule is O=C1C2CCC(C2)C(=O)N1C1CCNCC1. The third-order valence-electron chi connectivity index (χ3n) is 4.28. The number of fused-ring (bicyclic) bond motifs is 2. The molecule has 2 saturated heterocycles. The monoisotopic (exact) mass is 222 g/mol. The van der Waals surface area contributed by atoms with Gasteiger partial charge in [-0.25, -0.2) is 0 Å². The first-order valence-corrected chi connectivity index (χ1v) is 6.35. The highest BCUT2D eigenvalue weighted by Gasteiger charge is 2.47. The van der Waals surface area contributed by atoms with Crippen LogP contribution in [0.5, 0.6) is 0 Å². The third-order valence-corrected chi connectivity index (χ3v) is 4.28. The minimum Gasteiger partial charge on any atom is -0.317 e. The molecule has 0 aromatic carbocycles. The average molecular weight is 222 g/mol. The van der Waals surface area contributed by atoms with E-state index in [0.717, 1.165) is 45.2 Å². The topological polar surface area (TPSA) is 49.4 Å². The van der Waals surface area contributed by atoms with Crippen LogP contribution in [0.15, 0.2) is 0 Å². The Morgan fingerprint density at radius 1 is 0.938 bits per heavy atom. The van der Waals surface area contributed by atoms with E-state index in [2.05, 4.69) is 5.32 Å². The fourth-order valence-corrected chi connectivity index (χ4v) is 3.36. The van der Waals surface area contributed by atoms with Crippen molar-refractivity contribution >= 4 is 11.8 Å². The lowest BCUT2D eigenvalue weighted by Crippen LogP contribution is -2.54. The Kier molecular flexibility index (Phi) is 2.46. The lowest BCUT2D eigenvalue weighted by atomic mass is 9.93. The summed E-state index contributed by atoms with van der Waals surface area (Å²) < 4.78 is 0. The van der Waals surface area contributed by atoms with Gasteiger partial charge in [-0.2, -0.15) is 0 Å². The number of carbonyl (C=O) groups is 2. The van der Waals surface area contributed by atoms with Crippen molar-refractivity contribution in [3.8, 4) is 0 Å². The largest absolute Gasteiger partial charge is 0.317 e. The van der Waals surface area contributed by atoms with E-state index in [1.165, 1.54) is 0 Å². The first kappa shape index (κ1) is 10.3. The van der Waals surface area contributed by atoms with Crippen LogP contribution in [-0.2, 0) is 9.59 Å². The molecule has 0 radical (unpaired) electrons. The Morgan fingerprint density at radius 3 is 2.06 bits per heavy atom. The minimum absolute atomic E-state index is 0.116. The van der Waals surface area contributed by atoms with E-state index in [1.54, 1.807) is 4.90 Å². The molecule has 2 unspecified atom stereocenters. The molecule has 1 aliphatic carbocycles. The van der Waals surface area contributed by atoms with Crippen molar-refractivity contribution in [3.63, 3.8) is 0 Å². The highest BCUT2D eigenvalue weighted by molar-refractivity contribution is 6.01. The van der Waals surface area contributed by atoms with Gasteiger partial charge in [0.1, 0.15) is 0 Å². The summed E-state index contributed by atoms with van der Waals surface area (Å²) in [5.74, 6) is 0.534. The molecule has 16 heavy (non-hydrogen) atoms. The van der Waals surface area contributed by atoms with Crippen LogP contribution in [0.2, 0.25) is 0 Å². The van der Waals surface area contributed by atoms with Gasteiger partial charge in [0.2, 0.25) is 11.8 Å². The number of rotatable bonds is 1. The van der Waals surface area contributed by atoms with Crippen molar-refractivity contribution < 1.29 is 9.59 Å². The highest BCUT2D eigenvalue weighted by atomic mass is 16.2. The predicted octanol–water partition coefficient (Wildman–Crippen LogP) is 0.524. The van der Waals surface area contributed by atoms with Crippen LogP contribution in [0.25, 0.3) is 0 Å². The molecule has 0 aromatic rings. The summed E-state index contributed by atoms with van der Waals surface area (Å²) in [4.78, 5) is 26.0. The zero-order chi connectivity index (χ0) is 11.1. The highest BCUT2D eigenvalue weighted by Crippen LogP contribution is 2.39. The lowest BCUT2D eigenvalue weighted by molar-refractivity contribution is -0.156. The number of nitrogens with one attached hydrogen (secondary N) is 1. The van der Waals surface area contributed by atoms with Crippen molar-refractivity contribution in [2.75, 3.05) is 13.1 Å². The van der Waals surface area contributed by atoms with Crippen molar-refractivity contribution in [2.24, 2.45) is 11.8 Å². The summed E-state index contributed by atoms with van der Waals surface area (Å²) in [7, 11) is 0. The molecular weight excluding hydrogens is 204 g/mol. The maximum Gasteiger partial charge on any atom is 0.232 e. The first-order chi connectivity index (χ1) is 7.77. The van der Waals surface area contributed by atoms with Gasteiger partial charge in [0.15, 0.2) is 0 Å². The number of nitrogens with zero attached hydrogens (tertiary/aromatic N) is 1. The average Bonchev–Trinajstić information content (AvgIpc) is 2.75. The van der Waals surface area contributed by atoms with Gasteiger partial charge in [-0.15, -0.1) is 0 Å². The summed E-state index contributed by atoms with van der Waals surface area (Å²) in [6.07, 6.45) is 4.53. The standard InChI is InChI=1S/C12H18N2O2/c15-11-8-1-2-9(7-8)12(16)14(11)10-3-5-13-6-4-10/h8-10,13H,1-7H2. The van der Waals surface area contributed by atoms with Gasteiger partial charge in [0.25, 0.3) is 0 Å². The number of imide groups is 1. The van der Waals surface area contributed by atoms with Gasteiger partial charge in [0.05, 0.1) is 0 Å². The summed E-state index contributed by atoms with van der Waals surface area (Å²) in [6, 6.07) is 0.171. The molecule has 1 saturated carbocycles. The summed E-state index contributed by atoms with van der Waals surface area (Å²) in [6.45, 7) is 1.86. The van der Waals surface area contributed by atoms with Crippen LogP contribution in [0.3, 0.4) is 0 Å². The van der Waals surface area contributed by atoms with E-state index >= 15 is 0 Å². The number of piperidine rings is 2. The molecule has 2 amide bonds. The molecule has 2 bridgehead atoms. The summed E-state index contributed by atoms with van der Waals surface area (Å²) in [5, 5.41) is 3.27. The maximum absolute atomic E-state index is 12.2. The van der Waals surface area contributed by atoms with Crippen LogP contribution in [-0.4, -0.2) is 35.8 Å². The molecule has 0 aromatic heterocycles. The maximum atomic E-state index is 12.2. The smallest absolute Gasteiger partial charge is 0.232 e. The van der Waals surface area contributed by atoms with Crippen LogP contribution >= 0.6 is 0 Å². The van der Waals surface area contributed by atoms with E-state index < -0.39 is 0 Å². The Morgan fingerprint density at radius 2 is 1.50 bits per heavy atom.